The third-order valence-electron chi connectivity index (χ3n) is 5.03. The molecule has 2 aromatic rings. The van der Waals surface area contributed by atoms with E-state index in [0.717, 1.165) is 21.1 Å². The fraction of sp³-hybridized carbons (Fsp3) is 0.350. The van der Waals surface area contributed by atoms with Gasteiger partial charge in [-0.1, -0.05) is 39.8 Å². The molecule has 9 heteroatoms. The fourth-order valence-electron chi connectivity index (χ4n) is 3.63. The van der Waals surface area contributed by atoms with E-state index in [1.807, 2.05) is 35.2 Å². The first-order valence-electron chi connectivity index (χ1n) is 9.07. The minimum absolute atomic E-state index is 0.0861. The SMILES string of the molecule is COc1ccc(OC)c(N2C(SCc3ccc(Br)cc3)=N[C@@H]3CS(=O)(=O)C[C@H]32)c1. The lowest BCUT2D eigenvalue weighted by Gasteiger charge is -2.28. The highest BCUT2D eigenvalue weighted by molar-refractivity contribution is 9.10. The van der Waals surface area contributed by atoms with Crippen molar-refractivity contribution in [2.24, 2.45) is 4.99 Å². The Hall–Kier alpha value is -1.71. The molecule has 1 saturated heterocycles. The molecular weight excluding hydrogens is 476 g/mol. The Morgan fingerprint density at radius 1 is 1.14 bits per heavy atom. The Labute approximate surface area is 183 Å². The summed E-state index contributed by atoms with van der Waals surface area (Å²) in [4.78, 5) is 6.80. The van der Waals surface area contributed by atoms with Crippen molar-refractivity contribution in [2.45, 2.75) is 17.8 Å². The van der Waals surface area contributed by atoms with Gasteiger partial charge < -0.3 is 14.4 Å². The van der Waals surface area contributed by atoms with Crippen LogP contribution >= 0.6 is 27.7 Å². The first-order valence-corrected chi connectivity index (χ1v) is 12.7. The second kappa shape index (κ2) is 8.20. The van der Waals surface area contributed by atoms with Crippen LogP contribution in [0.25, 0.3) is 0 Å². The fourth-order valence-corrected chi connectivity index (χ4v) is 6.81. The third-order valence-corrected chi connectivity index (χ3v) is 8.30. The van der Waals surface area contributed by atoms with Gasteiger partial charge in [0, 0.05) is 16.3 Å². The molecular formula is C20H21BrN2O4S2. The minimum Gasteiger partial charge on any atom is -0.497 e. The zero-order valence-electron chi connectivity index (χ0n) is 16.0. The van der Waals surface area contributed by atoms with E-state index >= 15 is 0 Å². The summed E-state index contributed by atoms with van der Waals surface area (Å²) >= 11 is 5.06. The van der Waals surface area contributed by atoms with Crippen molar-refractivity contribution >= 4 is 48.4 Å². The van der Waals surface area contributed by atoms with Gasteiger partial charge in [0.05, 0.1) is 43.5 Å². The summed E-state index contributed by atoms with van der Waals surface area (Å²) < 4.78 is 36.5. The van der Waals surface area contributed by atoms with Crippen LogP contribution in [-0.4, -0.2) is 51.4 Å². The summed E-state index contributed by atoms with van der Waals surface area (Å²) in [5.41, 5.74) is 1.95. The molecule has 2 aliphatic rings. The Kier molecular flexibility index (Phi) is 5.81. The van der Waals surface area contributed by atoms with E-state index in [1.54, 1.807) is 26.0 Å². The lowest BCUT2D eigenvalue weighted by molar-refractivity contribution is 0.403. The number of sulfone groups is 1. The molecule has 0 aromatic heterocycles. The van der Waals surface area contributed by atoms with E-state index in [2.05, 4.69) is 28.1 Å². The number of benzene rings is 2. The molecule has 6 nitrogen and oxygen atoms in total. The maximum Gasteiger partial charge on any atom is 0.164 e. The van der Waals surface area contributed by atoms with Crippen LogP contribution in [0.15, 0.2) is 51.9 Å². The van der Waals surface area contributed by atoms with Crippen molar-refractivity contribution in [1.82, 2.24) is 0 Å². The zero-order valence-corrected chi connectivity index (χ0v) is 19.3. The number of ether oxygens (including phenoxy) is 2. The maximum absolute atomic E-state index is 12.3. The molecule has 2 heterocycles. The van der Waals surface area contributed by atoms with E-state index in [0.29, 0.717) is 11.5 Å². The standard InChI is InChI=1S/C20H21BrN2O4S2/c1-26-15-7-8-19(27-2)17(9-15)23-18-12-29(24,25)11-16(18)22-20(23)28-10-13-3-5-14(21)6-4-13/h3-9,16,18H,10-12H2,1-2H3/t16-,18-/m1/s1. The number of thioether (sulfide) groups is 1. The Morgan fingerprint density at radius 2 is 1.90 bits per heavy atom. The molecule has 2 aliphatic heterocycles. The first-order chi connectivity index (χ1) is 13.9. The molecule has 29 heavy (non-hydrogen) atoms. The molecule has 4 rings (SSSR count). The average molecular weight is 497 g/mol. The number of amidine groups is 1. The predicted molar refractivity (Wildman–Crippen MR) is 121 cm³/mol. The molecule has 2 aromatic carbocycles. The van der Waals surface area contributed by atoms with Crippen LogP contribution in [0.5, 0.6) is 11.5 Å². The van der Waals surface area contributed by atoms with E-state index in [9.17, 15) is 8.42 Å². The molecule has 2 atom stereocenters. The van der Waals surface area contributed by atoms with Gasteiger partial charge in [0.25, 0.3) is 0 Å². The number of hydrogen-bond acceptors (Lipinski definition) is 7. The quantitative estimate of drug-likeness (QED) is 0.627. The summed E-state index contributed by atoms with van der Waals surface area (Å²) in [5.74, 6) is 2.25. The van der Waals surface area contributed by atoms with Crippen molar-refractivity contribution in [1.29, 1.82) is 0 Å². The van der Waals surface area contributed by atoms with Crippen molar-refractivity contribution in [3.05, 3.63) is 52.5 Å². The Balaban J connectivity index is 1.68. The Bertz CT molecular complexity index is 1040. The van der Waals surface area contributed by atoms with E-state index in [4.69, 9.17) is 14.5 Å². The lowest BCUT2D eigenvalue weighted by Crippen LogP contribution is -2.39. The first kappa shape index (κ1) is 20.6. The number of methoxy groups -OCH3 is 2. The van der Waals surface area contributed by atoms with Crippen molar-refractivity contribution < 1.29 is 17.9 Å². The maximum atomic E-state index is 12.3. The third kappa shape index (κ3) is 4.27. The van der Waals surface area contributed by atoms with E-state index in [1.165, 1.54) is 5.56 Å². The topological polar surface area (TPSA) is 68.2 Å². The highest BCUT2D eigenvalue weighted by Gasteiger charge is 2.47. The molecule has 1 fully saturated rings. The smallest absolute Gasteiger partial charge is 0.164 e. The zero-order chi connectivity index (χ0) is 20.6. The number of nitrogens with zero attached hydrogens (tertiary/aromatic N) is 2. The monoisotopic (exact) mass is 496 g/mol. The number of fused-ring (bicyclic) bond motifs is 1. The van der Waals surface area contributed by atoms with Crippen molar-refractivity contribution in [3.8, 4) is 11.5 Å². The number of hydrogen-bond donors (Lipinski definition) is 0. The van der Waals surface area contributed by atoms with Crippen LogP contribution in [-0.2, 0) is 15.6 Å². The summed E-state index contributed by atoms with van der Waals surface area (Å²) in [6, 6.07) is 13.2. The molecule has 0 N–H and O–H groups in total. The van der Waals surface area contributed by atoms with Gasteiger partial charge in [0.15, 0.2) is 15.0 Å². The molecule has 0 aliphatic carbocycles. The Morgan fingerprint density at radius 3 is 2.59 bits per heavy atom. The summed E-state index contributed by atoms with van der Waals surface area (Å²) in [7, 11) is 0.102. The van der Waals surface area contributed by atoms with Crippen LogP contribution in [0, 0.1) is 0 Å². The summed E-state index contributed by atoms with van der Waals surface area (Å²) in [5, 5.41) is 0.810. The lowest BCUT2D eigenvalue weighted by atomic mass is 10.1. The molecule has 0 radical (unpaired) electrons. The van der Waals surface area contributed by atoms with Crippen molar-refractivity contribution in [2.75, 3.05) is 30.6 Å². The summed E-state index contributed by atoms with van der Waals surface area (Å²) in [6.45, 7) is 0. The van der Waals surface area contributed by atoms with Gasteiger partial charge in [-0.05, 0) is 29.8 Å². The van der Waals surface area contributed by atoms with Crippen LogP contribution in [0.1, 0.15) is 5.56 Å². The number of halogens is 1. The van der Waals surface area contributed by atoms with Crippen LogP contribution < -0.4 is 14.4 Å². The normalized spacial score (nSPS) is 22.3. The molecule has 0 spiro atoms. The number of anilines is 1. The predicted octanol–water partition coefficient (Wildman–Crippen LogP) is 3.74. The van der Waals surface area contributed by atoms with E-state index < -0.39 is 9.84 Å². The summed E-state index contributed by atoms with van der Waals surface area (Å²) in [6.07, 6.45) is 0. The molecule has 0 unspecified atom stereocenters. The number of aliphatic imine (C=N–C) groups is 1. The van der Waals surface area contributed by atoms with Gasteiger partial charge >= 0.3 is 0 Å². The molecule has 0 amide bonds. The van der Waals surface area contributed by atoms with Gasteiger partial charge in [0.2, 0.25) is 0 Å². The number of rotatable bonds is 5. The highest BCUT2D eigenvalue weighted by Crippen LogP contribution is 2.41. The molecule has 0 bridgehead atoms. The minimum atomic E-state index is -3.11. The van der Waals surface area contributed by atoms with Crippen LogP contribution in [0.4, 0.5) is 5.69 Å². The average Bonchev–Trinajstić information content (AvgIpc) is 3.17. The van der Waals surface area contributed by atoms with Gasteiger partial charge in [-0.2, -0.15) is 0 Å². The second-order valence-electron chi connectivity index (χ2n) is 6.95. The van der Waals surface area contributed by atoms with Gasteiger partial charge in [-0.3, -0.25) is 4.99 Å². The van der Waals surface area contributed by atoms with Gasteiger partial charge in [-0.25, -0.2) is 8.42 Å². The largest absolute Gasteiger partial charge is 0.497 e. The van der Waals surface area contributed by atoms with E-state index in [-0.39, 0.29) is 23.6 Å². The molecule has 154 valence electrons. The van der Waals surface area contributed by atoms with Gasteiger partial charge in [-0.15, -0.1) is 0 Å². The molecule has 0 saturated carbocycles. The van der Waals surface area contributed by atoms with Crippen LogP contribution in [0.3, 0.4) is 0 Å². The van der Waals surface area contributed by atoms with Crippen molar-refractivity contribution in [3.63, 3.8) is 0 Å². The second-order valence-corrected chi connectivity index (χ2v) is 11.0. The van der Waals surface area contributed by atoms with Crippen LogP contribution in [0.2, 0.25) is 0 Å². The van der Waals surface area contributed by atoms with Gasteiger partial charge in [0.1, 0.15) is 11.5 Å². The highest BCUT2D eigenvalue weighted by atomic mass is 79.9.